The zero-order valence-corrected chi connectivity index (χ0v) is 8.75. The fourth-order valence-electron chi connectivity index (χ4n) is 1.47. The molecule has 0 saturated heterocycles. The second-order valence-corrected chi connectivity index (χ2v) is 3.61. The molecule has 0 fully saturated rings. The number of hydrogen-bond donors (Lipinski definition) is 1. The first kappa shape index (κ1) is 12.5. The minimum atomic E-state index is -4.57. The summed E-state index contributed by atoms with van der Waals surface area (Å²) in [6.45, 7) is 3.09. The number of rotatable bonds is 3. The lowest BCUT2D eigenvalue weighted by atomic mass is 10.3. The normalized spacial score (nSPS) is 12.1. The van der Waals surface area contributed by atoms with E-state index in [1.165, 1.54) is 0 Å². The van der Waals surface area contributed by atoms with Crippen LogP contribution in [-0.2, 0) is 17.4 Å². The monoisotopic (exact) mass is 236 g/mol. The van der Waals surface area contributed by atoms with E-state index in [-0.39, 0.29) is 5.69 Å². The molecule has 1 N–H and O–H groups in total. The number of carboxylic acids is 1. The van der Waals surface area contributed by atoms with Crippen molar-refractivity contribution in [1.29, 1.82) is 0 Å². The summed E-state index contributed by atoms with van der Waals surface area (Å²) < 4.78 is 38.5. The van der Waals surface area contributed by atoms with Crippen molar-refractivity contribution in [1.82, 2.24) is 9.55 Å². The smallest absolute Gasteiger partial charge is 0.449 e. The minimum absolute atomic E-state index is 0.0508. The lowest BCUT2D eigenvalue weighted by Gasteiger charge is -2.16. The SMILES string of the molecule is CC(C)n1c(CC(=O)O)cnc1C(F)(F)F. The van der Waals surface area contributed by atoms with Crippen molar-refractivity contribution >= 4 is 5.97 Å². The van der Waals surface area contributed by atoms with Gasteiger partial charge in [-0.2, -0.15) is 13.2 Å². The lowest BCUT2D eigenvalue weighted by Crippen LogP contribution is -2.19. The van der Waals surface area contributed by atoms with E-state index in [2.05, 4.69) is 4.98 Å². The fraction of sp³-hybridized carbons (Fsp3) is 0.556. The number of hydrogen-bond acceptors (Lipinski definition) is 2. The topological polar surface area (TPSA) is 55.1 Å². The average molecular weight is 236 g/mol. The van der Waals surface area contributed by atoms with Crippen LogP contribution in [0.4, 0.5) is 13.2 Å². The van der Waals surface area contributed by atoms with E-state index in [1.54, 1.807) is 13.8 Å². The van der Waals surface area contributed by atoms with Gasteiger partial charge in [0.1, 0.15) is 0 Å². The van der Waals surface area contributed by atoms with E-state index in [4.69, 9.17) is 5.11 Å². The molecule has 16 heavy (non-hydrogen) atoms. The van der Waals surface area contributed by atoms with Crippen LogP contribution in [0.3, 0.4) is 0 Å². The molecule has 0 aromatic carbocycles. The summed E-state index contributed by atoms with van der Waals surface area (Å²) in [5.41, 5.74) is 0.0508. The van der Waals surface area contributed by atoms with Crippen LogP contribution < -0.4 is 0 Å². The summed E-state index contributed by atoms with van der Waals surface area (Å²) in [5.74, 6) is -2.24. The Balaban J connectivity index is 3.22. The second kappa shape index (κ2) is 4.15. The number of aliphatic carboxylic acids is 1. The number of carboxylic acid groups (broad SMARTS) is 1. The highest BCUT2D eigenvalue weighted by molar-refractivity contribution is 5.69. The van der Waals surface area contributed by atoms with Crippen LogP contribution in [0.2, 0.25) is 0 Å². The molecule has 0 saturated carbocycles. The molecule has 0 aliphatic heterocycles. The van der Waals surface area contributed by atoms with Gasteiger partial charge in [-0.05, 0) is 13.8 Å². The predicted octanol–water partition coefficient (Wildman–Crippen LogP) is 2.11. The number of carbonyl (C=O) groups is 1. The van der Waals surface area contributed by atoms with Crippen LogP contribution in [0.1, 0.15) is 31.4 Å². The Morgan fingerprint density at radius 3 is 2.50 bits per heavy atom. The molecule has 0 aliphatic carbocycles. The Labute approximate surface area is 89.7 Å². The van der Waals surface area contributed by atoms with E-state index in [0.29, 0.717) is 0 Å². The number of nitrogens with zero attached hydrogens (tertiary/aromatic N) is 2. The third-order valence-electron chi connectivity index (χ3n) is 1.98. The van der Waals surface area contributed by atoms with Gasteiger partial charge in [-0.15, -0.1) is 0 Å². The molecular formula is C9H11F3N2O2. The Morgan fingerprint density at radius 2 is 2.12 bits per heavy atom. The molecule has 1 rings (SSSR count). The molecule has 1 heterocycles. The maximum Gasteiger partial charge on any atom is 0.449 e. The van der Waals surface area contributed by atoms with E-state index in [0.717, 1.165) is 10.8 Å². The zero-order chi connectivity index (χ0) is 12.5. The molecule has 0 bridgehead atoms. The van der Waals surface area contributed by atoms with Gasteiger partial charge in [0.25, 0.3) is 0 Å². The van der Waals surface area contributed by atoms with E-state index in [9.17, 15) is 18.0 Å². The van der Waals surface area contributed by atoms with Crippen molar-refractivity contribution in [3.63, 3.8) is 0 Å². The van der Waals surface area contributed by atoms with Gasteiger partial charge in [0.05, 0.1) is 6.42 Å². The van der Waals surface area contributed by atoms with Gasteiger partial charge in [-0.25, -0.2) is 4.98 Å². The third-order valence-corrected chi connectivity index (χ3v) is 1.98. The summed E-state index contributed by atoms with van der Waals surface area (Å²) in [5, 5.41) is 8.56. The molecule has 1 aromatic heterocycles. The molecule has 7 heteroatoms. The second-order valence-electron chi connectivity index (χ2n) is 3.61. The van der Waals surface area contributed by atoms with Crippen LogP contribution in [0.5, 0.6) is 0 Å². The molecule has 0 spiro atoms. The fourth-order valence-corrected chi connectivity index (χ4v) is 1.47. The average Bonchev–Trinajstić information content (AvgIpc) is 2.45. The predicted molar refractivity (Wildman–Crippen MR) is 49.0 cm³/mol. The number of halogens is 3. The third kappa shape index (κ3) is 2.53. The lowest BCUT2D eigenvalue weighted by molar-refractivity contribution is -0.148. The molecule has 0 amide bonds. The maximum absolute atomic E-state index is 12.5. The van der Waals surface area contributed by atoms with Crippen LogP contribution in [0.15, 0.2) is 6.20 Å². The van der Waals surface area contributed by atoms with E-state index < -0.39 is 30.4 Å². The summed E-state index contributed by atoms with van der Waals surface area (Å²) in [7, 11) is 0. The van der Waals surface area contributed by atoms with Crippen LogP contribution in [0, 0.1) is 0 Å². The van der Waals surface area contributed by atoms with Crippen LogP contribution in [0.25, 0.3) is 0 Å². The van der Waals surface area contributed by atoms with Crippen molar-refractivity contribution < 1.29 is 23.1 Å². The molecule has 0 aliphatic rings. The largest absolute Gasteiger partial charge is 0.481 e. The number of aromatic nitrogens is 2. The molecule has 0 radical (unpaired) electrons. The summed E-state index contributed by atoms with van der Waals surface area (Å²) in [6, 6.07) is -0.492. The van der Waals surface area contributed by atoms with Crippen molar-refractivity contribution in [2.24, 2.45) is 0 Å². The zero-order valence-electron chi connectivity index (χ0n) is 8.75. The van der Waals surface area contributed by atoms with Crippen molar-refractivity contribution in [2.45, 2.75) is 32.5 Å². The first-order valence-corrected chi connectivity index (χ1v) is 4.58. The summed E-state index contributed by atoms with van der Waals surface area (Å²) in [4.78, 5) is 13.7. The summed E-state index contributed by atoms with van der Waals surface area (Å²) >= 11 is 0. The maximum atomic E-state index is 12.5. The Hall–Kier alpha value is -1.53. The highest BCUT2D eigenvalue weighted by Crippen LogP contribution is 2.31. The van der Waals surface area contributed by atoms with Gasteiger partial charge in [-0.3, -0.25) is 4.79 Å². The van der Waals surface area contributed by atoms with Gasteiger partial charge >= 0.3 is 12.1 Å². The quantitative estimate of drug-likeness (QED) is 0.874. The molecular weight excluding hydrogens is 225 g/mol. The van der Waals surface area contributed by atoms with E-state index >= 15 is 0 Å². The molecule has 0 atom stereocenters. The van der Waals surface area contributed by atoms with Gasteiger partial charge in [0.2, 0.25) is 5.82 Å². The number of alkyl halides is 3. The highest BCUT2D eigenvalue weighted by atomic mass is 19.4. The molecule has 0 unspecified atom stereocenters. The summed E-state index contributed by atoms with van der Waals surface area (Å²) in [6.07, 6.45) is -4.08. The highest BCUT2D eigenvalue weighted by Gasteiger charge is 2.38. The van der Waals surface area contributed by atoms with Gasteiger partial charge in [-0.1, -0.05) is 0 Å². The van der Waals surface area contributed by atoms with Gasteiger partial charge < -0.3 is 9.67 Å². The molecule has 90 valence electrons. The molecule has 4 nitrogen and oxygen atoms in total. The molecule has 1 aromatic rings. The Kier molecular flexibility index (Phi) is 3.25. The number of imidazole rings is 1. The minimum Gasteiger partial charge on any atom is -0.481 e. The Bertz CT molecular complexity index is 396. The first-order chi connectivity index (χ1) is 7.23. The van der Waals surface area contributed by atoms with E-state index in [1.807, 2.05) is 0 Å². The van der Waals surface area contributed by atoms with Crippen LogP contribution >= 0.6 is 0 Å². The van der Waals surface area contributed by atoms with Crippen molar-refractivity contribution in [3.05, 3.63) is 17.7 Å². The van der Waals surface area contributed by atoms with Gasteiger partial charge in [0.15, 0.2) is 0 Å². The van der Waals surface area contributed by atoms with Crippen LogP contribution in [-0.4, -0.2) is 20.6 Å². The first-order valence-electron chi connectivity index (χ1n) is 4.58. The Morgan fingerprint density at radius 1 is 1.56 bits per heavy atom. The van der Waals surface area contributed by atoms with Crippen molar-refractivity contribution in [3.8, 4) is 0 Å². The van der Waals surface area contributed by atoms with Crippen molar-refractivity contribution in [2.75, 3.05) is 0 Å². The standard InChI is InChI=1S/C9H11F3N2O2/c1-5(2)14-6(3-7(15)16)4-13-8(14)9(10,11)12/h4-5H,3H2,1-2H3,(H,15,16). The van der Waals surface area contributed by atoms with Gasteiger partial charge in [0, 0.05) is 17.9 Å².